The number of ether oxygens (including phenoxy) is 5. The van der Waals surface area contributed by atoms with Crippen LogP contribution < -0.4 is 0 Å². The minimum atomic E-state index is -1.01. The van der Waals surface area contributed by atoms with Crippen LogP contribution in [-0.2, 0) is 43.5 Å². The fourth-order valence-electron chi connectivity index (χ4n) is 4.82. The fourth-order valence-corrected chi connectivity index (χ4v) is 4.82. The summed E-state index contributed by atoms with van der Waals surface area (Å²) in [4.78, 5) is 0. The number of hydrogen-bond donors (Lipinski definition) is 1. The van der Waals surface area contributed by atoms with Crippen LogP contribution in [0.4, 0.5) is 0 Å². The Morgan fingerprint density at radius 1 is 0.737 bits per heavy atom. The van der Waals surface area contributed by atoms with Crippen molar-refractivity contribution in [2.45, 2.75) is 76.4 Å². The van der Waals surface area contributed by atoms with Crippen molar-refractivity contribution in [3.63, 3.8) is 0 Å². The van der Waals surface area contributed by atoms with Crippen molar-refractivity contribution >= 4 is 0 Å². The Bertz CT molecular complexity index is 1070. The molecule has 0 amide bonds. The molecule has 0 radical (unpaired) electrons. The predicted octanol–water partition coefficient (Wildman–Crippen LogP) is 5.27. The summed E-state index contributed by atoms with van der Waals surface area (Å²) >= 11 is 0. The van der Waals surface area contributed by atoms with Crippen LogP contribution in [0.15, 0.2) is 91.0 Å². The second-order valence-corrected chi connectivity index (χ2v) is 10.2. The third-order valence-electron chi connectivity index (χ3n) is 7.21. The first-order valence-corrected chi connectivity index (χ1v) is 13.6. The number of aliphatic hydroxyl groups is 1. The van der Waals surface area contributed by atoms with E-state index in [9.17, 15) is 5.11 Å². The molecular weight excluding hydrogens is 480 g/mol. The maximum Gasteiger partial charge on any atom is 0.186 e. The third-order valence-corrected chi connectivity index (χ3v) is 7.21. The molecule has 1 saturated carbocycles. The van der Waals surface area contributed by atoms with E-state index in [0.29, 0.717) is 25.7 Å². The Morgan fingerprint density at radius 2 is 1.24 bits per heavy atom. The summed E-state index contributed by atoms with van der Waals surface area (Å²) in [5.74, 6) is 0.509. The molecule has 1 saturated heterocycles. The molecule has 202 valence electrons. The van der Waals surface area contributed by atoms with E-state index in [0.717, 1.165) is 29.5 Å². The van der Waals surface area contributed by atoms with E-state index >= 15 is 0 Å². The van der Waals surface area contributed by atoms with Crippen molar-refractivity contribution in [1.29, 1.82) is 0 Å². The van der Waals surface area contributed by atoms with Gasteiger partial charge in [-0.3, -0.25) is 0 Å². The van der Waals surface area contributed by atoms with E-state index in [2.05, 4.69) is 0 Å². The average Bonchev–Trinajstić information content (AvgIpc) is 3.81. The average molecular weight is 519 g/mol. The van der Waals surface area contributed by atoms with Gasteiger partial charge in [0.25, 0.3) is 0 Å². The van der Waals surface area contributed by atoms with Crippen LogP contribution in [0.3, 0.4) is 0 Å². The molecule has 0 unspecified atom stereocenters. The van der Waals surface area contributed by atoms with Crippen molar-refractivity contribution in [2.24, 2.45) is 5.92 Å². The second-order valence-electron chi connectivity index (χ2n) is 10.2. The van der Waals surface area contributed by atoms with Gasteiger partial charge in [0.05, 0.1) is 32.5 Å². The molecule has 1 aliphatic heterocycles. The molecular formula is C32H38O6. The molecule has 1 heterocycles. The summed E-state index contributed by atoms with van der Waals surface area (Å²) in [5.41, 5.74) is 3.14. The van der Waals surface area contributed by atoms with Crippen molar-refractivity contribution in [1.82, 2.24) is 0 Å². The normalized spacial score (nSPS) is 26.2. The summed E-state index contributed by atoms with van der Waals surface area (Å²) in [6.45, 7) is 3.49. The minimum Gasteiger partial charge on any atom is -0.385 e. The van der Waals surface area contributed by atoms with Gasteiger partial charge in [0.1, 0.15) is 24.4 Å². The fraction of sp³-hybridized carbons (Fsp3) is 0.438. The highest BCUT2D eigenvalue weighted by Gasteiger charge is 2.48. The Labute approximate surface area is 225 Å². The third kappa shape index (κ3) is 7.50. The molecule has 3 aromatic carbocycles. The maximum absolute atomic E-state index is 11.5. The van der Waals surface area contributed by atoms with Crippen LogP contribution in [0.1, 0.15) is 36.5 Å². The van der Waals surface area contributed by atoms with Gasteiger partial charge in [-0.2, -0.15) is 0 Å². The topological polar surface area (TPSA) is 66.4 Å². The Morgan fingerprint density at radius 3 is 1.76 bits per heavy atom. The number of rotatable bonds is 13. The van der Waals surface area contributed by atoms with Crippen LogP contribution in [0.2, 0.25) is 0 Å². The molecule has 6 atom stereocenters. The molecule has 0 aromatic heterocycles. The monoisotopic (exact) mass is 518 g/mol. The zero-order valence-electron chi connectivity index (χ0n) is 21.9. The van der Waals surface area contributed by atoms with E-state index in [4.69, 9.17) is 23.7 Å². The lowest BCUT2D eigenvalue weighted by molar-refractivity contribution is -0.327. The standard InChI is InChI=1S/C32H38O6/c1-23(27-17-18-27)37-32-29(33)31(36-21-26-15-9-4-10-16-26)30(35-20-25-13-7-3-8-14-25)28(38-32)22-34-19-24-11-5-2-6-12-24/h2-16,23,27-33H,17-22H2,1H3/t23-,28-,29+,30-,31-,32-/m1/s1. The van der Waals surface area contributed by atoms with E-state index < -0.39 is 30.7 Å². The molecule has 2 aliphatic rings. The number of benzene rings is 3. The van der Waals surface area contributed by atoms with Crippen LogP contribution in [0.5, 0.6) is 0 Å². The summed E-state index contributed by atoms with van der Waals surface area (Å²) in [7, 11) is 0. The van der Waals surface area contributed by atoms with Gasteiger partial charge in [-0.1, -0.05) is 91.0 Å². The number of aliphatic hydroxyl groups excluding tert-OH is 1. The van der Waals surface area contributed by atoms with Gasteiger partial charge in [-0.25, -0.2) is 0 Å². The number of hydrogen-bond acceptors (Lipinski definition) is 6. The Hall–Kier alpha value is -2.58. The molecule has 6 nitrogen and oxygen atoms in total. The summed E-state index contributed by atoms with van der Waals surface area (Å²) in [6.07, 6.45) is -1.25. The lowest BCUT2D eigenvalue weighted by Crippen LogP contribution is -2.61. The SMILES string of the molecule is C[C@@H](O[C@@H]1O[C@H](COCc2ccccc2)[C@@H](OCc2ccccc2)[C@H](OCc2ccccc2)[C@@H]1O)C1CC1. The molecule has 1 aliphatic carbocycles. The van der Waals surface area contributed by atoms with Crippen LogP contribution in [0, 0.1) is 5.92 Å². The maximum atomic E-state index is 11.5. The molecule has 3 aromatic rings. The molecule has 0 bridgehead atoms. The molecule has 5 rings (SSSR count). The second kappa shape index (κ2) is 13.5. The highest BCUT2D eigenvalue weighted by atomic mass is 16.7. The van der Waals surface area contributed by atoms with E-state index in [1.807, 2.05) is 97.9 Å². The first kappa shape index (κ1) is 27.0. The van der Waals surface area contributed by atoms with Crippen molar-refractivity contribution < 1.29 is 28.8 Å². The van der Waals surface area contributed by atoms with Crippen molar-refractivity contribution in [3.05, 3.63) is 108 Å². The molecule has 38 heavy (non-hydrogen) atoms. The van der Waals surface area contributed by atoms with Gasteiger partial charge in [0.2, 0.25) is 0 Å². The van der Waals surface area contributed by atoms with Crippen molar-refractivity contribution in [3.8, 4) is 0 Å². The molecule has 2 fully saturated rings. The Balaban J connectivity index is 1.34. The van der Waals surface area contributed by atoms with Gasteiger partial charge in [-0.15, -0.1) is 0 Å². The lowest BCUT2D eigenvalue weighted by Gasteiger charge is -2.44. The summed E-state index contributed by atoms with van der Waals surface area (Å²) < 4.78 is 31.5. The summed E-state index contributed by atoms with van der Waals surface area (Å²) in [5, 5.41) is 11.5. The quantitative estimate of drug-likeness (QED) is 0.332. The van der Waals surface area contributed by atoms with Crippen LogP contribution in [-0.4, -0.2) is 48.5 Å². The summed E-state index contributed by atoms with van der Waals surface area (Å²) in [6, 6.07) is 30.0. The van der Waals surface area contributed by atoms with Crippen molar-refractivity contribution in [2.75, 3.05) is 6.61 Å². The molecule has 6 heteroatoms. The van der Waals surface area contributed by atoms with Crippen LogP contribution >= 0.6 is 0 Å². The van der Waals surface area contributed by atoms with Gasteiger partial charge >= 0.3 is 0 Å². The molecule has 1 N–H and O–H groups in total. The van der Waals surface area contributed by atoms with Gasteiger partial charge in [0.15, 0.2) is 6.29 Å². The first-order chi connectivity index (χ1) is 18.7. The van der Waals surface area contributed by atoms with Gasteiger partial charge in [-0.05, 0) is 42.4 Å². The Kier molecular flexibility index (Phi) is 9.57. The van der Waals surface area contributed by atoms with E-state index in [-0.39, 0.29) is 12.7 Å². The first-order valence-electron chi connectivity index (χ1n) is 13.6. The van der Waals surface area contributed by atoms with Gasteiger partial charge in [0, 0.05) is 0 Å². The highest BCUT2D eigenvalue weighted by molar-refractivity contribution is 5.15. The van der Waals surface area contributed by atoms with Crippen LogP contribution in [0.25, 0.3) is 0 Å². The largest absolute Gasteiger partial charge is 0.385 e. The zero-order valence-corrected chi connectivity index (χ0v) is 21.9. The molecule has 0 spiro atoms. The highest BCUT2D eigenvalue weighted by Crippen LogP contribution is 2.37. The van der Waals surface area contributed by atoms with E-state index in [1.165, 1.54) is 0 Å². The minimum absolute atomic E-state index is 0.00269. The smallest absolute Gasteiger partial charge is 0.186 e. The zero-order chi connectivity index (χ0) is 26.2. The van der Waals surface area contributed by atoms with Gasteiger partial charge < -0.3 is 28.8 Å². The lowest BCUT2D eigenvalue weighted by atomic mass is 9.98. The predicted molar refractivity (Wildman–Crippen MR) is 144 cm³/mol. The van der Waals surface area contributed by atoms with E-state index in [1.54, 1.807) is 0 Å².